The van der Waals surface area contributed by atoms with E-state index in [0.717, 1.165) is 33.4 Å². The quantitative estimate of drug-likeness (QED) is 0.152. The van der Waals surface area contributed by atoms with Crippen LogP contribution in [0.3, 0.4) is 0 Å². The number of carbonyl (C=O) groups is 3. The highest BCUT2D eigenvalue weighted by atomic mass is 28.4. The fraction of sp³-hybridized carbons (Fsp3) is 0.289. The Morgan fingerprint density at radius 3 is 1.73 bits per heavy atom. The molecule has 1 aliphatic carbocycles. The minimum absolute atomic E-state index is 0.0449. The van der Waals surface area contributed by atoms with E-state index in [2.05, 4.69) is 24.3 Å². The summed E-state index contributed by atoms with van der Waals surface area (Å²) in [7, 11) is -0.591. The SMILES string of the molecule is CN(C(=O)OCC1c2ccccc2-c2ccccc21)[C@@H](Cc1ccccc1)C(=O)C[C@@H](Cc1ccccc1)C(=O)O[Si](C)(C)C. The summed E-state index contributed by atoms with van der Waals surface area (Å²) in [5, 5.41) is 0. The van der Waals surface area contributed by atoms with Gasteiger partial charge in [-0.1, -0.05) is 109 Å². The zero-order valence-electron chi connectivity index (χ0n) is 26.4. The summed E-state index contributed by atoms with van der Waals surface area (Å²) in [6, 6.07) is 34.8. The maximum atomic E-state index is 14.1. The number of benzene rings is 4. The van der Waals surface area contributed by atoms with Crippen LogP contribution in [-0.2, 0) is 31.6 Å². The van der Waals surface area contributed by atoms with Crippen molar-refractivity contribution in [2.45, 2.75) is 50.9 Å². The van der Waals surface area contributed by atoms with Crippen LogP contribution in [-0.4, -0.2) is 50.8 Å². The molecule has 5 rings (SSSR count). The van der Waals surface area contributed by atoms with Crippen molar-refractivity contribution < 1.29 is 23.5 Å². The average Bonchev–Trinajstić information content (AvgIpc) is 3.35. The van der Waals surface area contributed by atoms with Crippen molar-refractivity contribution in [3.8, 4) is 11.1 Å². The van der Waals surface area contributed by atoms with Gasteiger partial charge >= 0.3 is 6.09 Å². The van der Waals surface area contributed by atoms with E-state index in [4.69, 9.17) is 9.16 Å². The molecule has 0 heterocycles. The van der Waals surface area contributed by atoms with Crippen molar-refractivity contribution in [2.24, 2.45) is 5.92 Å². The number of hydrogen-bond donors (Lipinski definition) is 0. The first-order valence-electron chi connectivity index (χ1n) is 15.5. The highest BCUT2D eigenvalue weighted by Gasteiger charge is 2.35. The summed E-state index contributed by atoms with van der Waals surface area (Å²) in [4.78, 5) is 42.5. The first-order chi connectivity index (χ1) is 21.6. The standard InChI is InChI=1S/C38H41NO5Si/c1-39(38(42)43-26-34-32-21-13-11-19-30(32)31-20-12-14-22-33(31)34)35(24-28-17-9-6-10-18-28)36(40)25-29(37(41)44-45(2,3)4)23-27-15-7-5-8-16-27/h5-22,29,34-35H,23-26H2,1-4H3/t29-,35+/m1/s1. The number of fused-ring (bicyclic) bond motifs is 3. The van der Waals surface area contributed by atoms with Crippen molar-refractivity contribution in [1.82, 2.24) is 4.90 Å². The maximum absolute atomic E-state index is 14.1. The third-order valence-corrected chi connectivity index (χ3v) is 9.06. The zero-order chi connectivity index (χ0) is 32.0. The predicted octanol–water partition coefficient (Wildman–Crippen LogP) is 7.67. The van der Waals surface area contributed by atoms with Gasteiger partial charge in [0.2, 0.25) is 8.32 Å². The molecule has 0 spiro atoms. The lowest BCUT2D eigenvalue weighted by Gasteiger charge is -2.29. The Hall–Kier alpha value is -4.49. The summed E-state index contributed by atoms with van der Waals surface area (Å²) in [5.41, 5.74) is 6.40. The molecule has 0 aliphatic heterocycles. The van der Waals surface area contributed by atoms with Gasteiger partial charge in [-0.05, 0) is 59.4 Å². The number of rotatable bonds is 12. The topological polar surface area (TPSA) is 72.9 Å². The number of amides is 1. The van der Waals surface area contributed by atoms with Gasteiger partial charge in [-0.15, -0.1) is 0 Å². The molecule has 0 saturated carbocycles. The Labute approximate surface area is 267 Å². The van der Waals surface area contributed by atoms with Crippen LogP contribution >= 0.6 is 0 Å². The predicted molar refractivity (Wildman–Crippen MR) is 179 cm³/mol. The second kappa shape index (κ2) is 14.1. The van der Waals surface area contributed by atoms with E-state index < -0.39 is 26.4 Å². The van der Waals surface area contributed by atoms with E-state index in [9.17, 15) is 14.4 Å². The van der Waals surface area contributed by atoms with Crippen LogP contribution in [0.4, 0.5) is 4.79 Å². The van der Waals surface area contributed by atoms with Crippen LogP contribution in [0.1, 0.15) is 34.6 Å². The van der Waals surface area contributed by atoms with E-state index in [1.165, 1.54) is 4.90 Å². The number of ether oxygens (including phenoxy) is 1. The Bertz CT molecular complexity index is 1590. The van der Waals surface area contributed by atoms with Crippen molar-refractivity contribution >= 4 is 26.2 Å². The van der Waals surface area contributed by atoms with Gasteiger partial charge in [0.1, 0.15) is 6.61 Å². The molecule has 45 heavy (non-hydrogen) atoms. The Balaban J connectivity index is 1.35. The van der Waals surface area contributed by atoms with Crippen LogP contribution in [0.25, 0.3) is 11.1 Å². The molecule has 0 N–H and O–H groups in total. The molecular weight excluding hydrogens is 579 g/mol. The van der Waals surface area contributed by atoms with Crippen LogP contribution < -0.4 is 0 Å². The highest BCUT2D eigenvalue weighted by molar-refractivity contribution is 6.71. The number of carbonyl (C=O) groups excluding carboxylic acids is 3. The lowest BCUT2D eigenvalue weighted by Crippen LogP contribution is -2.46. The smallest absolute Gasteiger partial charge is 0.410 e. The fourth-order valence-corrected chi connectivity index (χ4v) is 6.80. The Morgan fingerprint density at radius 1 is 0.711 bits per heavy atom. The molecule has 0 aromatic heterocycles. The summed E-state index contributed by atoms with van der Waals surface area (Å²) in [5.74, 6) is -1.33. The normalized spacial score (nSPS) is 13.7. The van der Waals surface area contributed by atoms with Crippen LogP contribution in [0.2, 0.25) is 19.6 Å². The second-order valence-electron chi connectivity index (χ2n) is 12.7. The molecule has 1 aliphatic rings. The van der Waals surface area contributed by atoms with Gasteiger partial charge in [0, 0.05) is 25.8 Å². The minimum Gasteiger partial charge on any atom is -0.520 e. The van der Waals surface area contributed by atoms with Gasteiger partial charge in [0.15, 0.2) is 5.78 Å². The molecule has 4 aromatic rings. The minimum atomic E-state index is -2.20. The Kier molecular flexibility index (Phi) is 9.98. The lowest BCUT2D eigenvalue weighted by molar-refractivity contribution is -0.142. The van der Waals surface area contributed by atoms with Gasteiger partial charge < -0.3 is 14.1 Å². The molecule has 1 amide bonds. The molecular formula is C38H41NO5Si. The molecule has 0 unspecified atom stereocenters. The molecule has 0 radical (unpaired) electrons. The van der Waals surface area contributed by atoms with Gasteiger partial charge in [0.05, 0.1) is 12.0 Å². The first kappa shape index (κ1) is 31.9. The van der Waals surface area contributed by atoms with Crippen molar-refractivity contribution in [2.75, 3.05) is 13.7 Å². The van der Waals surface area contributed by atoms with Gasteiger partial charge in [0.25, 0.3) is 5.97 Å². The molecule has 6 nitrogen and oxygen atoms in total. The summed E-state index contributed by atoms with van der Waals surface area (Å²) >= 11 is 0. The van der Waals surface area contributed by atoms with Gasteiger partial charge in [-0.3, -0.25) is 9.59 Å². The summed E-state index contributed by atoms with van der Waals surface area (Å²) in [6.07, 6.45) is 0.0660. The Morgan fingerprint density at radius 2 is 1.20 bits per heavy atom. The van der Waals surface area contributed by atoms with E-state index in [-0.39, 0.29) is 30.7 Å². The summed E-state index contributed by atoms with van der Waals surface area (Å²) in [6.45, 7) is 6.02. The van der Waals surface area contributed by atoms with Crippen LogP contribution in [0, 0.1) is 5.92 Å². The van der Waals surface area contributed by atoms with E-state index in [1.54, 1.807) is 7.05 Å². The number of Topliss-reactive ketones (excluding diaryl/α,β-unsaturated/α-hetero) is 1. The molecule has 232 valence electrons. The number of likely N-dealkylation sites (N-methyl/N-ethyl adjacent to an activating group) is 1. The number of hydrogen-bond acceptors (Lipinski definition) is 5. The van der Waals surface area contributed by atoms with E-state index in [0.29, 0.717) is 12.8 Å². The fourth-order valence-electron chi connectivity index (χ4n) is 6.03. The second-order valence-corrected chi connectivity index (χ2v) is 17.1. The molecule has 2 atom stereocenters. The summed E-state index contributed by atoms with van der Waals surface area (Å²) < 4.78 is 11.8. The van der Waals surface area contributed by atoms with Gasteiger partial charge in [-0.2, -0.15) is 0 Å². The van der Waals surface area contributed by atoms with Crippen molar-refractivity contribution in [1.29, 1.82) is 0 Å². The van der Waals surface area contributed by atoms with Crippen molar-refractivity contribution in [3.63, 3.8) is 0 Å². The largest absolute Gasteiger partial charge is 0.520 e. The average molecular weight is 620 g/mol. The van der Waals surface area contributed by atoms with E-state index >= 15 is 0 Å². The monoisotopic (exact) mass is 619 g/mol. The molecule has 4 aromatic carbocycles. The van der Waals surface area contributed by atoms with Crippen molar-refractivity contribution in [3.05, 3.63) is 131 Å². The van der Waals surface area contributed by atoms with E-state index in [1.807, 2.05) is 105 Å². The molecule has 7 heteroatoms. The third kappa shape index (κ3) is 7.97. The third-order valence-electron chi connectivity index (χ3n) is 8.25. The van der Waals surface area contributed by atoms with Crippen LogP contribution in [0.15, 0.2) is 109 Å². The van der Waals surface area contributed by atoms with Gasteiger partial charge in [-0.25, -0.2) is 4.79 Å². The molecule has 0 bridgehead atoms. The zero-order valence-corrected chi connectivity index (χ0v) is 27.4. The highest BCUT2D eigenvalue weighted by Crippen LogP contribution is 2.44. The molecule has 0 saturated heterocycles. The number of nitrogens with zero attached hydrogens (tertiary/aromatic N) is 1. The number of ketones is 1. The van der Waals surface area contributed by atoms with Crippen LogP contribution in [0.5, 0.6) is 0 Å². The first-order valence-corrected chi connectivity index (χ1v) is 18.9. The lowest BCUT2D eigenvalue weighted by atomic mass is 9.90. The molecule has 0 fully saturated rings. The maximum Gasteiger partial charge on any atom is 0.410 e.